The van der Waals surface area contributed by atoms with E-state index in [1.807, 2.05) is 6.07 Å². The SMILES string of the molecule is N#Cc1ccn(-c2ccc(C(O)Nc3cc(Cl)c(F)cc3C(=O)O)nn2)c1. The van der Waals surface area contributed by atoms with Gasteiger partial charge < -0.3 is 20.1 Å². The van der Waals surface area contributed by atoms with Gasteiger partial charge in [-0.15, -0.1) is 10.2 Å². The summed E-state index contributed by atoms with van der Waals surface area (Å²) in [6.07, 6.45) is 1.79. The lowest BCUT2D eigenvalue weighted by molar-refractivity contribution is 0.0697. The number of anilines is 1. The maximum absolute atomic E-state index is 13.5. The van der Waals surface area contributed by atoms with Gasteiger partial charge >= 0.3 is 5.97 Å². The number of aromatic carboxylic acids is 1. The molecular weight excluding hydrogens is 377 g/mol. The number of nitriles is 1. The first kappa shape index (κ1) is 18.3. The zero-order valence-electron chi connectivity index (χ0n) is 13.5. The summed E-state index contributed by atoms with van der Waals surface area (Å²) in [6.45, 7) is 0. The largest absolute Gasteiger partial charge is 0.478 e. The number of aromatic nitrogens is 3. The molecule has 10 heteroatoms. The number of hydrogen-bond acceptors (Lipinski definition) is 6. The van der Waals surface area contributed by atoms with Gasteiger partial charge in [0, 0.05) is 12.4 Å². The van der Waals surface area contributed by atoms with Crippen molar-refractivity contribution in [2.75, 3.05) is 5.32 Å². The van der Waals surface area contributed by atoms with Crippen molar-refractivity contribution in [1.29, 1.82) is 5.26 Å². The molecular formula is C17H11ClFN5O3. The molecule has 136 valence electrons. The summed E-state index contributed by atoms with van der Waals surface area (Å²) in [4.78, 5) is 11.2. The highest BCUT2D eigenvalue weighted by atomic mass is 35.5. The second kappa shape index (κ2) is 7.41. The van der Waals surface area contributed by atoms with Gasteiger partial charge in [-0.2, -0.15) is 5.26 Å². The van der Waals surface area contributed by atoms with E-state index in [0.29, 0.717) is 11.4 Å². The van der Waals surface area contributed by atoms with E-state index in [2.05, 4.69) is 15.5 Å². The van der Waals surface area contributed by atoms with E-state index in [4.69, 9.17) is 22.0 Å². The molecule has 0 aliphatic heterocycles. The predicted octanol–water partition coefficient (Wildman–Crippen LogP) is 2.73. The van der Waals surface area contributed by atoms with E-state index in [0.717, 1.165) is 12.1 Å². The molecule has 1 aromatic carbocycles. The Balaban J connectivity index is 1.83. The van der Waals surface area contributed by atoms with E-state index < -0.39 is 23.6 Å². The molecule has 0 saturated heterocycles. The first-order valence-electron chi connectivity index (χ1n) is 7.48. The Bertz CT molecular complexity index is 1050. The minimum absolute atomic E-state index is 0.0728. The van der Waals surface area contributed by atoms with Gasteiger partial charge in [-0.3, -0.25) is 0 Å². The number of carbonyl (C=O) groups is 1. The number of carboxylic acids is 1. The molecule has 0 fully saturated rings. The van der Waals surface area contributed by atoms with Crippen LogP contribution in [0.1, 0.15) is 27.8 Å². The van der Waals surface area contributed by atoms with Crippen molar-refractivity contribution < 1.29 is 19.4 Å². The van der Waals surface area contributed by atoms with Gasteiger partial charge in [0.25, 0.3) is 0 Å². The van der Waals surface area contributed by atoms with Crippen LogP contribution in [0.2, 0.25) is 5.02 Å². The number of aliphatic hydroxyl groups is 1. The van der Waals surface area contributed by atoms with Gasteiger partial charge in [-0.25, -0.2) is 9.18 Å². The molecule has 0 bridgehead atoms. The fraction of sp³-hybridized carbons (Fsp3) is 0.0588. The first-order valence-corrected chi connectivity index (χ1v) is 7.86. The minimum Gasteiger partial charge on any atom is -0.478 e. The number of aliphatic hydroxyl groups excluding tert-OH is 1. The quantitative estimate of drug-likeness (QED) is 0.575. The molecule has 2 heterocycles. The highest BCUT2D eigenvalue weighted by molar-refractivity contribution is 6.31. The van der Waals surface area contributed by atoms with Crippen LogP contribution in [0.4, 0.5) is 10.1 Å². The van der Waals surface area contributed by atoms with Crippen LogP contribution in [0.3, 0.4) is 0 Å². The summed E-state index contributed by atoms with van der Waals surface area (Å²) in [5.41, 5.74) is 0.0911. The van der Waals surface area contributed by atoms with E-state index >= 15 is 0 Å². The average Bonchev–Trinajstić information content (AvgIpc) is 3.13. The van der Waals surface area contributed by atoms with Crippen LogP contribution in [0, 0.1) is 17.1 Å². The Morgan fingerprint density at radius 3 is 2.70 bits per heavy atom. The van der Waals surface area contributed by atoms with Crippen molar-refractivity contribution in [2.24, 2.45) is 0 Å². The van der Waals surface area contributed by atoms with E-state index in [1.54, 1.807) is 29.1 Å². The summed E-state index contributed by atoms with van der Waals surface area (Å²) in [5, 5.41) is 38.3. The molecule has 0 amide bonds. The molecule has 2 aromatic heterocycles. The summed E-state index contributed by atoms with van der Waals surface area (Å²) in [7, 11) is 0. The van der Waals surface area contributed by atoms with Crippen LogP contribution in [0.5, 0.6) is 0 Å². The standard InChI is InChI=1S/C17H11ClFN5O3/c18-11-6-14(10(17(26)27)5-12(11)19)21-16(25)13-1-2-15(23-22-13)24-4-3-9(7-20)8-24/h1-6,8,16,21,25H,(H,26,27). The molecule has 3 rings (SSSR count). The van der Waals surface area contributed by atoms with Crippen LogP contribution in [0.25, 0.3) is 5.82 Å². The van der Waals surface area contributed by atoms with Gasteiger partial charge in [0.05, 0.1) is 21.8 Å². The fourth-order valence-corrected chi connectivity index (χ4v) is 2.45. The first-order chi connectivity index (χ1) is 12.9. The third-order valence-corrected chi connectivity index (χ3v) is 3.91. The van der Waals surface area contributed by atoms with Crippen LogP contribution in [0.15, 0.2) is 42.7 Å². The van der Waals surface area contributed by atoms with Gasteiger partial charge in [0.2, 0.25) is 0 Å². The van der Waals surface area contributed by atoms with Crippen molar-refractivity contribution >= 4 is 23.3 Å². The van der Waals surface area contributed by atoms with Crippen molar-refractivity contribution in [2.45, 2.75) is 6.23 Å². The van der Waals surface area contributed by atoms with Crippen LogP contribution in [-0.2, 0) is 0 Å². The summed E-state index contributed by atoms with van der Waals surface area (Å²) < 4.78 is 15.1. The number of halogens is 2. The Kier molecular flexibility index (Phi) is 5.03. The molecule has 3 N–H and O–H groups in total. The predicted molar refractivity (Wildman–Crippen MR) is 93.0 cm³/mol. The maximum Gasteiger partial charge on any atom is 0.337 e. The zero-order chi connectivity index (χ0) is 19.6. The smallest absolute Gasteiger partial charge is 0.337 e. The number of rotatable bonds is 5. The fourth-order valence-electron chi connectivity index (χ4n) is 2.29. The summed E-state index contributed by atoms with van der Waals surface area (Å²) in [5.74, 6) is -1.85. The van der Waals surface area contributed by atoms with Gasteiger partial charge in [0.15, 0.2) is 12.0 Å². The van der Waals surface area contributed by atoms with Crippen molar-refractivity contribution in [3.8, 4) is 11.9 Å². The lowest BCUT2D eigenvalue weighted by atomic mass is 10.1. The lowest BCUT2D eigenvalue weighted by Crippen LogP contribution is -2.15. The molecule has 27 heavy (non-hydrogen) atoms. The maximum atomic E-state index is 13.5. The van der Waals surface area contributed by atoms with Crippen molar-refractivity contribution in [3.63, 3.8) is 0 Å². The zero-order valence-corrected chi connectivity index (χ0v) is 14.2. The van der Waals surface area contributed by atoms with Gasteiger partial charge in [-0.1, -0.05) is 11.6 Å². The molecule has 0 radical (unpaired) electrons. The number of nitrogens with one attached hydrogen (secondary N) is 1. The normalized spacial score (nSPS) is 11.6. The molecule has 3 aromatic rings. The Hall–Kier alpha value is -3.48. The van der Waals surface area contributed by atoms with Crippen LogP contribution >= 0.6 is 11.6 Å². The molecule has 1 unspecified atom stereocenters. The monoisotopic (exact) mass is 387 g/mol. The number of hydrogen-bond donors (Lipinski definition) is 3. The Labute approximate surface area is 157 Å². The van der Waals surface area contributed by atoms with Crippen molar-refractivity contribution in [1.82, 2.24) is 14.8 Å². The Morgan fingerprint density at radius 1 is 1.33 bits per heavy atom. The second-order valence-electron chi connectivity index (χ2n) is 5.40. The highest BCUT2D eigenvalue weighted by Crippen LogP contribution is 2.27. The van der Waals surface area contributed by atoms with Crippen LogP contribution in [-0.4, -0.2) is 30.9 Å². The van der Waals surface area contributed by atoms with E-state index in [9.17, 15) is 14.3 Å². The van der Waals surface area contributed by atoms with Gasteiger partial charge in [0.1, 0.15) is 17.6 Å². The highest BCUT2D eigenvalue weighted by Gasteiger charge is 2.18. The third kappa shape index (κ3) is 3.87. The molecule has 8 nitrogen and oxygen atoms in total. The Morgan fingerprint density at radius 2 is 2.11 bits per heavy atom. The lowest BCUT2D eigenvalue weighted by Gasteiger charge is -2.16. The van der Waals surface area contributed by atoms with Crippen LogP contribution < -0.4 is 5.32 Å². The topological polar surface area (TPSA) is 124 Å². The van der Waals surface area contributed by atoms with Crippen molar-refractivity contribution in [3.05, 3.63) is 70.4 Å². The molecule has 0 aliphatic carbocycles. The number of benzene rings is 1. The number of carboxylic acid groups (broad SMARTS) is 1. The average molecular weight is 388 g/mol. The summed E-state index contributed by atoms with van der Waals surface area (Å²) >= 11 is 5.68. The molecule has 1 atom stereocenters. The third-order valence-electron chi connectivity index (χ3n) is 3.62. The summed E-state index contributed by atoms with van der Waals surface area (Å²) in [6, 6.07) is 8.45. The molecule has 0 spiro atoms. The van der Waals surface area contributed by atoms with E-state index in [1.165, 1.54) is 6.07 Å². The number of nitrogens with zero attached hydrogens (tertiary/aromatic N) is 4. The van der Waals surface area contributed by atoms with E-state index in [-0.39, 0.29) is 16.4 Å². The minimum atomic E-state index is -1.41. The second-order valence-corrected chi connectivity index (χ2v) is 5.81. The van der Waals surface area contributed by atoms with Gasteiger partial charge in [-0.05, 0) is 30.3 Å². The molecule has 0 aliphatic rings. The molecule has 0 saturated carbocycles.